The second-order valence-corrected chi connectivity index (χ2v) is 5.56. The van der Waals surface area contributed by atoms with Crippen molar-refractivity contribution in [3.63, 3.8) is 0 Å². The number of aromatic nitrogens is 1. The largest absolute Gasteiger partial charge is 0.353 e. The van der Waals surface area contributed by atoms with Crippen LogP contribution in [0.1, 0.15) is 25.8 Å². The van der Waals surface area contributed by atoms with Gasteiger partial charge in [-0.2, -0.15) is 0 Å². The molecule has 0 aliphatic carbocycles. The summed E-state index contributed by atoms with van der Waals surface area (Å²) in [4.78, 5) is 30.1. The molecule has 1 aromatic heterocycles. The van der Waals surface area contributed by atoms with E-state index in [2.05, 4.69) is 24.1 Å². The molecular formula is C15H21N3O2. The molecule has 0 aromatic carbocycles. The Morgan fingerprint density at radius 3 is 3.00 bits per heavy atom. The average molecular weight is 275 g/mol. The predicted octanol–water partition coefficient (Wildman–Crippen LogP) is 0.997. The molecule has 20 heavy (non-hydrogen) atoms. The maximum atomic E-state index is 12.4. The summed E-state index contributed by atoms with van der Waals surface area (Å²) >= 11 is 0. The van der Waals surface area contributed by atoms with Gasteiger partial charge < -0.3 is 10.2 Å². The Balaban J connectivity index is 2.07. The van der Waals surface area contributed by atoms with Crippen LogP contribution in [0.5, 0.6) is 0 Å². The van der Waals surface area contributed by atoms with Crippen LogP contribution in [-0.4, -0.2) is 40.8 Å². The van der Waals surface area contributed by atoms with Crippen LogP contribution in [-0.2, 0) is 16.0 Å². The molecule has 2 amide bonds. The van der Waals surface area contributed by atoms with Gasteiger partial charge >= 0.3 is 0 Å². The van der Waals surface area contributed by atoms with E-state index in [1.807, 2.05) is 12.1 Å². The Hall–Kier alpha value is -1.91. The fourth-order valence-corrected chi connectivity index (χ4v) is 2.47. The number of rotatable bonds is 4. The van der Waals surface area contributed by atoms with Crippen LogP contribution in [0.15, 0.2) is 24.5 Å². The van der Waals surface area contributed by atoms with Gasteiger partial charge in [-0.1, -0.05) is 19.9 Å². The van der Waals surface area contributed by atoms with Gasteiger partial charge in [-0.15, -0.1) is 0 Å². The molecule has 0 bridgehead atoms. The topological polar surface area (TPSA) is 62.3 Å². The summed E-state index contributed by atoms with van der Waals surface area (Å²) in [5.41, 5.74) is 0.881. The first-order chi connectivity index (χ1) is 9.58. The third kappa shape index (κ3) is 3.56. The first-order valence-electron chi connectivity index (χ1n) is 7.04. The van der Waals surface area contributed by atoms with Crippen LogP contribution in [0, 0.1) is 5.92 Å². The lowest BCUT2D eigenvalue weighted by Gasteiger charge is -2.36. The number of nitrogens with zero attached hydrogens (tertiary/aromatic N) is 2. The Bertz CT molecular complexity index is 473. The number of amides is 2. The summed E-state index contributed by atoms with van der Waals surface area (Å²) in [6, 6.07) is 3.36. The number of nitrogens with one attached hydrogen (secondary N) is 1. The van der Waals surface area contributed by atoms with Gasteiger partial charge in [0.1, 0.15) is 6.04 Å². The zero-order valence-corrected chi connectivity index (χ0v) is 12.0. The summed E-state index contributed by atoms with van der Waals surface area (Å²) in [5.74, 6) is 0.334. The fourth-order valence-electron chi connectivity index (χ4n) is 2.47. The van der Waals surface area contributed by atoms with E-state index in [1.165, 1.54) is 0 Å². The third-order valence-electron chi connectivity index (χ3n) is 3.42. The molecular weight excluding hydrogens is 254 g/mol. The number of hydrogen-bond acceptors (Lipinski definition) is 3. The van der Waals surface area contributed by atoms with Crippen molar-refractivity contribution in [3.8, 4) is 0 Å². The van der Waals surface area contributed by atoms with Crippen LogP contribution >= 0.6 is 0 Å². The molecule has 0 radical (unpaired) electrons. The van der Waals surface area contributed by atoms with Crippen molar-refractivity contribution in [2.45, 2.75) is 32.7 Å². The SMILES string of the molecule is CC(C)C[C@H]1C(=O)NCCN1C(=O)Cc1cccnc1. The minimum atomic E-state index is -0.340. The fraction of sp³-hybridized carbons (Fsp3) is 0.533. The Morgan fingerprint density at radius 2 is 2.35 bits per heavy atom. The van der Waals surface area contributed by atoms with Crippen molar-refractivity contribution in [1.82, 2.24) is 15.2 Å². The first-order valence-corrected chi connectivity index (χ1v) is 7.04. The summed E-state index contributed by atoms with van der Waals surface area (Å²) in [7, 11) is 0. The molecule has 2 rings (SSSR count). The maximum Gasteiger partial charge on any atom is 0.242 e. The molecule has 5 nitrogen and oxygen atoms in total. The molecule has 0 unspecified atom stereocenters. The summed E-state index contributed by atoms with van der Waals surface area (Å²) < 4.78 is 0. The minimum Gasteiger partial charge on any atom is -0.353 e. The number of carbonyl (C=O) groups excluding carboxylic acids is 2. The molecule has 1 atom stereocenters. The Morgan fingerprint density at radius 1 is 1.55 bits per heavy atom. The third-order valence-corrected chi connectivity index (χ3v) is 3.42. The Labute approximate surface area is 119 Å². The highest BCUT2D eigenvalue weighted by molar-refractivity contribution is 5.89. The van der Waals surface area contributed by atoms with Gasteiger partial charge in [-0.25, -0.2) is 0 Å². The zero-order chi connectivity index (χ0) is 14.5. The monoisotopic (exact) mass is 275 g/mol. The number of pyridine rings is 1. The van der Waals surface area contributed by atoms with Crippen LogP contribution in [0.25, 0.3) is 0 Å². The van der Waals surface area contributed by atoms with Gasteiger partial charge in [0.2, 0.25) is 11.8 Å². The molecule has 1 N–H and O–H groups in total. The van der Waals surface area contributed by atoms with E-state index >= 15 is 0 Å². The lowest BCUT2D eigenvalue weighted by atomic mass is 9.99. The molecule has 1 aromatic rings. The first kappa shape index (κ1) is 14.5. The van der Waals surface area contributed by atoms with E-state index in [0.717, 1.165) is 5.56 Å². The molecule has 108 valence electrons. The minimum absolute atomic E-state index is 0.00139. The van der Waals surface area contributed by atoms with Crippen molar-refractivity contribution in [1.29, 1.82) is 0 Å². The van der Waals surface area contributed by atoms with Crippen molar-refractivity contribution in [2.24, 2.45) is 5.92 Å². The molecule has 1 aliphatic rings. The van der Waals surface area contributed by atoms with Gasteiger partial charge in [0, 0.05) is 25.5 Å². The van der Waals surface area contributed by atoms with E-state index in [1.54, 1.807) is 17.3 Å². The number of hydrogen-bond donors (Lipinski definition) is 1. The van der Waals surface area contributed by atoms with Crippen LogP contribution < -0.4 is 5.32 Å². The lowest BCUT2D eigenvalue weighted by Crippen LogP contribution is -2.57. The van der Waals surface area contributed by atoms with Crippen molar-refractivity contribution < 1.29 is 9.59 Å². The maximum absolute atomic E-state index is 12.4. The normalized spacial score (nSPS) is 19.1. The summed E-state index contributed by atoms with van der Waals surface area (Å²) in [5, 5.41) is 2.84. The van der Waals surface area contributed by atoms with Gasteiger partial charge in [0.15, 0.2) is 0 Å². The van der Waals surface area contributed by atoms with Crippen molar-refractivity contribution >= 4 is 11.8 Å². The summed E-state index contributed by atoms with van der Waals surface area (Å²) in [6.45, 7) is 5.24. The predicted molar refractivity (Wildman–Crippen MR) is 75.9 cm³/mol. The second kappa shape index (κ2) is 6.50. The van der Waals surface area contributed by atoms with Gasteiger partial charge in [0.25, 0.3) is 0 Å². The molecule has 5 heteroatoms. The molecule has 1 saturated heterocycles. The van der Waals surface area contributed by atoms with E-state index in [0.29, 0.717) is 31.8 Å². The molecule has 1 fully saturated rings. The number of carbonyl (C=O) groups is 2. The van der Waals surface area contributed by atoms with E-state index in [9.17, 15) is 9.59 Å². The molecule has 0 saturated carbocycles. The zero-order valence-electron chi connectivity index (χ0n) is 12.0. The van der Waals surface area contributed by atoms with Crippen LogP contribution in [0.2, 0.25) is 0 Å². The Kier molecular flexibility index (Phi) is 4.71. The average Bonchev–Trinajstić information content (AvgIpc) is 2.41. The van der Waals surface area contributed by atoms with Crippen molar-refractivity contribution in [2.75, 3.05) is 13.1 Å². The van der Waals surface area contributed by atoms with Crippen molar-refractivity contribution in [3.05, 3.63) is 30.1 Å². The molecule has 2 heterocycles. The van der Waals surface area contributed by atoms with E-state index in [4.69, 9.17) is 0 Å². The standard InChI is InChI=1S/C15H21N3O2/c1-11(2)8-13-15(20)17-6-7-18(13)14(19)9-12-4-3-5-16-10-12/h3-5,10-11,13H,6-9H2,1-2H3,(H,17,20)/t13-/m0/s1. The van der Waals surface area contributed by atoms with Crippen LogP contribution in [0.4, 0.5) is 0 Å². The highest BCUT2D eigenvalue weighted by Crippen LogP contribution is 2.16. The van der Waals surface area contributed by atoms with Gasteiger partial charge in [0.05, 0.1) is 6.42 Å². The van der Waals surface area contributed by atoms with Gasteiger partial charge in [-0.3, -0.25) is 14.6 Å². The highest BCUT2D eigenvalue weighted by Gasteiger charge is 2.33. The van der Waals surface area contributed by atoms with E-state index < -0.39 is 0 Å². The quantitative estimate of drug-likeness (QED) is 0.891. The summed E-state index contributed by atoms with van der Waals surface area (Å²) in [6.07, 6.45) is 4.38. The number of piperazine rings is 1. The van der Waals surface area contributed by atoms with E-state index in [-0.39, 0.29) is 17.9 Å². The molecule has 1 aliphatic heterocycles. The lowest BCUT2D eigenvalue weighted by molar-refractivity contribution is -0.143. The smallest absolute Gasteiger partial charge is 0.242 e. The van der Waals surface area contributed by atoms with Gasteiger partial charge in [-0.05, 0) is 24.0 Å². The highest BCUT2D eigenvalue weighted by atomic mass is 16.2. The molecule has 0 spiro atoms. The second-order valence-electron chi connectivity index (χ2n) is 5.56. The van der Waals surface area contributed by atoms with Crippen LogP contribution in [0.3, 0.4) is 0 Å².